The summed E-state index contributed by atoms with van der Waals surface area (Å²) in [6.07, 6.45) is 0. The molecule has 4 heteroatoms. The third-order valence-corrected chi connectivity index (χ3v) is 2.63. The molecule has 1 rings (SSSR count). The topological polar surface area (TPSA) is 22.1 Å². The van der Waals surface area contributed by atoms with Crippen molar-refractivity contribution in [1.29, 1.82) is 0 Å². The quantitative estimate of drug-likeness (QED) is 0.750. The first-order chi connectivity index (χ1) is 5.24. The Morgan fingerprint density at radius 1 is 1.91 bits per heavy atom. The molecular formula is C7H8BrNOS. The highest BCUT2D eigenvalue weighted by molar-refractivity contribution is 9.10. The molecule has 0 amide bonds. The Hall–Kier alpha value is -0.350. The van der Waals surface area contributed by atoms with Gasteiger partial charge in [-0.2, -0.15) is 0 Å². The maximum atomic E-state index is 5.17. The molecule has 0 radical (unpaired) electrons. The molecule has 2 nitrogen and oxygen atoms in total. The molecule has 0 aliphatic heterocycles. The van der Waals surface area contributed by atoms with Crippen LogP contribution in [0.25, 0.3) is 5.76 Å². The third-order valence-electron chi connectivity index (χ3n) is 1.03. The summed E-state index contributed by atoms with van der Waals surface area (Å²) in [6, 6.07) is 0. The molecule has 1 heterocycles. The van der Waals surface area contributed by atoms with E-state index in [9.17, 15) is 0 Å². The van der Waals surface area contributed by atoms with Gasteiger partial charge in [-0.15, -0.1) is 11.3 Å². The van der Waals surface area contributed by atoms with Crippen LogP contribution in [0.15, 0.2) is 16.6 Å². The maximum Gasteiger partial charge on any atom is 0.158 e. The highest BCUT2D eigenvalue weighted by atomic mass is 79.9. The van der Waals surface area contributed by atoms with Crippen molar-refractivity contribution in [2.45, 2.75) is 6.92 Å². The highest BCUT2D eigenvalue weighted by Gasteiger charge is 2.03. The van der Waals surface area contributed by atoms with Crippen LogP contribution in [-0.4, -0.2) is 11.6 Å². The van der Waals surface area contributed by atoms with Crippen molar-refractivity contribution in [2.75, 3.05) is 6.61 Å². The van der Waals surface area contributed by atoms with Gasteiger partial charge in [0.2, 0.25) is 0 Å². The fraction of sp³-hybridized carbons (Fsp3) is 0.286. The first-order valence-corrected chi connectivity index (χ1v) is 4.84. The molecule has 0 N–H and O–H groups in total. The summed E-state index contributed by atoms with van der Waals surface area (Å²) in [5.74, 6) is 0.642. The molecule has 0 fully saturated rings. The molecule has 1 aromatic heterocycles. The standard InChI is InChI=1S/C7H8BrNOS/c1-3-10-5(2)7-9-6(8)4-11-7/h4H,2-3H2,1H3. The van der Waals surface area contributed by atoms with Gasteiger partial charge < -0.3 is 4.74 Å². The largest absolute Gasteiger partial charge is 0.491 e. The van der Waals surface area contributed by atoms with Crippen molar-refractivity contribution in [2.24, 2.45) is 0 Å². The van der Waals surface area contributed by atoms with Gasteiger partial charge in [0, 0.05) is 5.38 Å². The van der Waals surface area contributed by atoms with E-state index in [-0.39, 0.29) is 0 Å². The summed E-state index contributed by atoms with van der Waals surface area (Å²) in [7, 11) is 0. The second-order valence-corrected chi connectivity index (χ2v) is 3.50. The van der Waals surface area contributed by atoms with Crippen molar-refractivity contribution in [1.82, 2.24) is 4.98 Å². The predicted molar refractivity (Wildman–Crippen MR) is 50.5 cm³/mol. The van der Waals surface area contributed by atoms with Crippen molar-refractivity contribution in [3.63, 3.8) is 0 Å². The molecule has 11 heavy (non-hydrogen) atoms. The molecule has 0 spiro atoms. The summed E-state index contributed by atoms with van der Waals surface area (Å²) in [6.45, 7) is 6.29. The molecule has 0 atom stereocenters. The van der Waals surface area contributed by atoms with E-state index < -0.39 is 0 Å². The Kier molecular flexibility index (Phi) is 3.08. The van der Waals surface area contributed by atoms with Crippen molar-refractivity contribution in [3.8, 4) is 0 Å². The second-order valence-electron chi connectivity index (χ2n) is 1.83. The zero-order valence-electron chi connectivity index (χ0n) is 6.13. The molecule has 0 saturated carbocycles. The summed E-state index contributed by atoms with van der Waals surface area (Å²) < 4.78 is 6.01. The minimum absolute atomic E-state index is 0.635. The van der Waals surface area contributed by atoms with Gasteiger partial charge in [-0.1, -0.05) is 6.58 Å². The molecule has 0 saturated heterocycles. The number of thiazole rings is 1. The van der Waals surface area contributed by atoms with Gasteiger partial charge in [-0.25, -0.2) is 4.98 Å². The van der Waals surface area contributed by atoms with Gasteiger partial charge in [-0.05, 0) is 22.9 Å². The monoisotopic (exact) mass is 233 g/mol. The van der Waals surface area contributed by atoms with Crippen LogP contribution in [0, 0.1) is 0 Å². The number of hydrogen-bond acceptors (Lipinski definition) is 3. The van der Waals surface area contributed by atoms with E-state index >= 15 is 0 Å². The third kappa shape index (κ3) is 2.31. The predicted octanol–water partition coefficient (Wildman–Crippen LogP) is 2.91. The van der Waals surface area contributed by atoms with Gasteiger partial charge in [0.25, 0.3) is 0 Å². The van der Waals surface area contributed by atoms with Crippen molar-refractivity contribution in [3.05, 3.63) is 21.6 Å². The van der Waals surface area contributed by atoms with Gasteiger partial charge >= 0.3 is 0 Å². The summed E-state index contributed by atoms with van der Waals surface area (Å²) in [5.41, 5.74) is 0. The normalized spacial score (nSPS) is 9.64. The van der Waals surface area contributed by atoms with Crippen LogP contribution in [0.2, 0.25) is 0 Å². The minimum atomic E-state index is 0.635. The second kappa shape index (κ2) is 3.88. The zero-order valence-corrected chi connectivity index (χ0v) is 8.54. The first-order valence-electron chi connectivity index (χ1n) is 3.17. The lowest BCUT2D eigenvalue weighted by Crippen LogP contribution is -1.88. The summed E-state index contributed by atoms with van der Waals surface area (Å²) in [5, 5.41) is 2.73. The number of aromatic nitrogens is 1. The van der Waals surface area contributed by atoms with Crippen LogP contribution in [0.5, 0.6) is 0 Å². The average Bonchev–Trinajstić information content (AvgIpc) is 2.36. The number of nitrogens with zero attached hydrogens (tertiary/aromatic N) is 1. The molecule has 0 unspecified atom stereocenters. The van der Waals surface area contributed by atoms with Crippen LogP contribution < -0.4 is 0 Å². The molecule has 1 aromatic rings. The van der Waals surface area contributed by atoms with Gasteiger partial charge in [0.1, 0.15) is 10.4 Å². The van der Waals surface area contributed by atoms with E-state index in [0.29, 0.717) is 12.4 Å². The number of ether oxygens (including phenoxy) is 1. The van der Waals surface area contributed by atoms with E-state index in [0.717, 1.165) is 9.61 Å². The van der Waals surface area contributed by atoms with Crippen LogP contribution in [-0.2, 0) is 4.74 Å². The molecule has 0 aliphatic carbocycles. The Balaban J connectivity index is 2.69. The smallest absolute Gasteiger partial charge is 0.158 e. The van der Waals surface area contributed by atoms with Crippen LogP contribution >= 0.6 is 27.3 Å². The molecule has 60 valence electrons. The van der Waals surface area contributed by atoms with E-state index in [4.69, 9.17) is 4.74 Å². The van der Waals surface area contributed by atoms with Gasteiger partial charge in [0.05, 0.1) is 6.61 Å². The average molecular weight is 234 g/mol. The Labute approximate surface area is 78.0 Å². The number of rotatable bonds is 3. The number of hydrogen-bond donors (Lipinski definition) is 0. The number of halogens is 1. The van der Waals surface area contributed by atoms with E-state index in [1.54, 1.807) is 0 Å². The van der Waals surface area contributed by atoms with Gasteiger partial charge in [0.15, 0.2) is 5.01 Å². The van der Waals surface area contributed by atoms with Crippen molar-refractivity contribution >= 4 is 33.0 Å². The summed E-state index contributed by atoms with van der Waals surface area (Å²) >= 11 is 4.77. The van der Waals surface area contributed by atoms with Crippen molar-refractivity contribution < 1.29 is 4.74 Å². The lowest BCUT2D eigenvalue weighted by molar-refractivity contribution is 0.299. The van der Waals surface area contributed by atoms with E-state index in [2.05, 4.69) is 27.5 Å². The molecule has 0 aromatic carbocycles. The first kappa shape index (κ1) is 8.74. The van der Waals surface area contributed by atoms with E-state index in [1.807, 2.05) is 12.3 Å². The minimum Gasteiger partial charge on any atom is -0.491 e. The SMILES string of the molecule is C=C(OCC)c1nc(Br)cs1. The highest BCUT2D eigenvalue weighted by Crippen LogP contribution is 2.21. The lowest BCUT2D eigenvalue weighted by Gasteiger charge is -2.00. The fourth-order valence-corrected chi connectivity index (χ4v) is 1.80. The Morgan fingerprint density at radius 2 is 2.64 bits per heavy atom. The molecule has 0 bridgehead atoms. The summed E-state index contributed by atoms with van der Waals surface area (Å²) in [4.78, 5) is 4.14. The fourth-order valence-electron chi connectivity index (χ4n) is 0.618. The Morgan fingerprint density at radius 3 is 3.09 bits per heavy atom. The van der Waals surface area contributed by atoms with Crippen LogP contribution in [0.1, 0.15) is 11.9 Å². The Bertz CT molecular complexity index is 259. The maximum absolute atomic E-state index is 5.17. The lowest BCUT2D eigenvalue weighted by atomic mass is 10.6. The zero-order chi connectivity index (χ0) is 8.27. The van der Waals surface area contributed by atoms with Crippen LogP contribution in [0.4, 0.5) is 0 Å². The van der Waals surface area contributed by atoms with Gasteiger partial charge in [-0.3, -0.25) is 0 Å². The van der Waals surface area contributed by atoms with E-state index in [1.165, 1.54) is 11.3 Å². The molecular weight excluding hydrogens is 226 g/mol. The van der Waals surface area contributed by atoms with Crippen LogP contribution in [0.3, 0.4) is 0 Å². The molecule has 0 aliphatic rings.